The Bertz CT molecular complexity index is 2140. The Hall–Kier alpha value is -7.35. The normalized spacial score (nSPS) is 14.7. The largest absolute Gasteiger partial charge is 0.370 e. The Kier molecular flexibility index (Phi) is 28.3. The van der Waals surface area contributed by atoms with Crippen LogP contribution in [0.25, 0.3) is 0 Å². The number of carbonyl (C=O) groups is 9. The maximum absolute atomic E-state index is 14.4. The van der Waals surface area contributed by atoms with Gasteiger partial charge in [0.05, 0.1) is 12.4 Å². The van der Waals surface area contributed by atoms with Crippen LogP contribution in [0.2, 0.25) is 0 Å². The third kappa shape index (κ3) is 23.9. The van der Waals surface area contributed by atoms with Gasteiger partial charge in [-0.1, -0.05) is 64.4 Å². The molecule has 26 nitrogen and oxygen atoms in total. The number of aromatic nitrogens is 2. The lowest BCUT2D eigenvalue weighted by Gasteiger charge is -2.30. The number of unbranched alkanes of at least 4 members (excludes halogenated alkanes) is 1. The van der Waals surface area contributed by atoms with E-state index in [1.165, 1.54) is 19.4 Å². The van der Waals surface area contributed by atoms with Gasteiger partial charge in [0.1, 0.15) is 42.3 Å². The number of benzene rings is 1. The van der Waals surface area contributed by atoms with Gasteiger partial charge in [-0.15, -0.1) is 0 Å². The lowest BCUT2D eigenvalue weighted by molar-refractivity contribution is -0.136. The molecule has 26 heteroatoms. The molecule has 0 fully saturated rings. The molecule has 1 aromatic carbocycles. The van der Waals surface area contributed by atoms with Crippen LogP contribution in [0.5, 0.6) is 0 Å². The Morgan fingerprint density at radius 1 is 0.635 bits per heavy atom. The number of nitrogens with two attached hydrogens (primary N) is 6. The summed E-state index contributed by atoms with van der Waals surface area (Å²) in [7, 11) is 0. The number of primary amides is 2. The first-order chi connectivity index (χ1) is 35.1. The van der Waals surface area contributed by atoms with Crippen molar-refractivity contribution < 1.29 is 43.2 Å². The molecule has 0 spiro atoms. The molecule has 74 heavy (non-hydrogen) atoms. The van der Waals surface area contributed by atoms with Crippen LogP contribution in [0.15, 0.2) is 47.8 Å². The number of nitrogens with zero attached hydrogens (tertiary/aromatic N) is 2. The number of carbonyl (C=O) groups excluding carboxylic acids is 9. The number of guanidine groups is 1. The molecule has 21 N–H and O–H groups in total. The average Bonchev–Trinajstić information content (AvgIpc) is 3.86. The molecule has 1 aromatic heterocycles. The van der Waals surface area contributed by atoms with Gasteiger partial charge >= 0.3 is 6.03 Å². The van der Waals surface area contributed by atoms with E-state index in [1.807, 2.05) is 20.8 Å². The molecule has 1 heterocycles. The summed E-state index contributed by atoms with van der Waals surface area (Å²) in [5, 5.41) is 21.2. The van der Waals surface area contributed by atoms with Crippen LogP contribution in [0.4, 0.5) is 4.79 Å². The number of hydrogen-bond donors (Lipinski definition) is 15. The second kappa shape index (κ2) is 33.4. The number of imidazole rings is 1. The van der Waals surface area contributed by atoms with Crippen LogP contribution in [-0.4, -0.2) is 137 Å². The second-order valence-corrected chi connectivity index (χ2v) is 18.7. The smallest absolute Gasteiger partial charge is 0.312 e. The van der Waals surface area contributed by atoms with E-state index >= 15 is 0 Å². The van der Waals surface area contributed by atoms with Gasteiger partial charge in [0.2, 0.25) is 47.3 Å². The third-order valence-corrected chi connectivity index (χ3v) is 11.9. The second-order valence-electron chi connectivity index (χ2n) is 18.7. The summed E-state index contributed by atoms with van der Waals surface area (Å²) >= 11 is 0. The molecule has 0 radical (unpaired) electrons. The summed E-state index contributed by atoms with van der Waals surface area (Å²) in [5.74, 6) is -6.72. The summed E-state index contributed by atoms with van der Waals surface area (Å²) < 4.78 is 0. The standard InChI is InChI=1S/C48H81N17O9/c1-6-28(4)38(46(73)63-36(39(51)66)23-30-14-8-7-9-15-30)65-45(72)37(22-27(2)3)64-44(71)35(17-12-20-56-47(52)53)62-43(70)34(18-13-21-57-48(54)74)61-42(69)33(16-10-11-19-49)60-40(67)29(5)59-41(68)32(50)24-31-25-55-26-58-31/h7-9,14-15,25-29,32-38H,6,10-13,16-24,49-50H2,1-5H3,(H2,51,66)(H,55,58)(H,59,68)(H,60,67)(H,61,69)(H,62,70)(H,63,73)(H,64,71)(H,65,72)(H4,52,53,56)(H3,54,57,74)/t28-,29-,32-,33-,34-,35-,36-,37-,38-/m0/s1. The molecule has 0 saturated carbocycles. The molecule has 0 aliphatic carbocycles. The molecule has 0 aliphatic rings. The molecule has 0 aliphatic heterocycles. The number of nitrogens with one attached hydrogen (secondary N) is 9. The van der Waals surface area contributed by atoms with Gasteiger partial charge in [0, 0.05) is 37.8 Å². The fourth-order valence-electron chi connectivity index (χ4n) is 7.54. The van der Waals surface area contributed by atoms with Crippen molar-refractivity contribution in [1.29, 1.82) is 0 Å². The van der Waals surface area contributed by atoms with Crippen LogP contribution in [0.3, 0.4) is 0 Å². The van der Waals surface area contributed by atoms with Gasteiger partial charge in [-0.3, -0.25) is 43.3 Å². The summed E-state index contributed by atoms with van der Waals surface area (Å²) in [6, 6.07) is -1.48. The molecule has 0 bridgehead atoms. The van der Waals surface area contributed by atoms with Crippen molar-refractivity contribution in [3.8, 4) is 0 Å². The molecular weight excluding hydrogens is 959 g/mol. The Labute approximate surface area is 432 Å². The Morgan fingerprint density at radius 2 is 1.19 bits per heavy atom. The predicted molar refractivity (Wildman–Crippen MR) is 277 cm³/mol. The van der Waals surface area contributed by atoms with Crippen LogP contribution < -0.4 is 76.9 Å². The van der Waals surface area contributed by atoms with Crippen LogP contribution >= 0.6 is 0 Å². The molecule has 9 atom stereocenters. The van der Waals surface area contributed by atoms with Gasteiger partial charge < -0.3 is 81.9 Å². The lowest BCUT2D eigenvalue weighted by atomic mass is 9.95. The highest BCUT2D eigenvalue weighted by Crippen LogP contribution is 2.14. The number of hydrogen-bond acceptors (Lipinski definition) is 13. The van der Waals surface area contributed by atoms with Crippen LogP contribution in [0, 0.1) is 11.8 Å². The zero-order valence-electron chi connectivity index (χ0n) is 43.2. The first-order valence-electron chi connectivity index (χ1n) is 25.0. The molecule has 412 valence electrons. The molecular formula is C48H81N17O9. The number of urea groups is 1. The van der Waals surface area contributed by atoms with Crippen LogP contribution in [0.1, 0.15) is 104 Å². The predicted octanol–water partition coefficient (Wildman–Crippen LogP) is -2.86. The van der Waals surface area contributed by atoms with E-state index < -0.39 is 108 Å². The minimum absolute atomic E-state index is 0.00563. The topological polar surface area (TPSA) is 447 Å². The van der Waals surface area contributed by atoms with E-state index in [1.54, 1.807) is 37.3 Å². The molecule has 10 amide bonds. The van der Waals surface area contributed by atoms with E-state index in [2.05, 4.69) is 57.5 Å². The summed E-state index contributed by atoms with van der Waals surface area (Å²) in [5.41, 5.74) is 35.2. The van der Waals surface area contributed by atoms with Gasteiger partial charge in [0.15, 0.2) is 5.96 Å². The SMILES string of the molecule is CC[C@H](C)[C@H](NC(=O)[C@H](CC(C)C)NC(=O)[C@H](CCCN=C(N)N)NC(=O)[C@H](CCCNC(N)=O)NC(=O)[C@H](CCCCN)NC(=O)[C@H](C)NC(=O)[C@@H](N)Cc1cnc[nH]1)C(=O)N[C@@H](Cc1ccccc1)C(N)=O. The van der Waals surface area contributed by atoms with Gasteiger partial charge in [-0.25, -0.2) is 9.78 Å². The molecule has 2 rings (SSSR count). The van der Waals surface area contributed by atoms with Crippen LogP contribution in [-0.2, 0) is 51.2 Å². The van der Waals surface area contributed by atoms with Crippen molar-refractivity contribution in [3.05, 3.63) is 54.1 Å². The van der Waals surface area contributed by atoms with Gasteiger partial charge in [0.25, 0.3) is 0 Å². The Balaban J connectivity index is 2.42. The Morgan fingerprint density at radius 3 is 1.72 bits per heavy atom. The van der Waals surface area contributed by atoms with Crippen molar-refractivity contribution in [2.24, 2.45) is 51.2 Å². The highest BCUT2D eigenvalue weighted by Gasteiger charge is 2.35. The first-order valence-corrected chi connectivity index (χ1v) is 25.0. The number of aliphatic imine (C=N–C) groups is 1. The monoisotopic (exact) mass is 1040 g/mol. The molecule has 0 unspecified atom stereocenters. The van der Waals surface area contributed by atoms with E-state index in [0.717, 1.165) is 5.56 Å². The van der Waals surface area contributed by atoms with Crippen molar-refractivity contribution in [1.82, 2.24) is 52.5 Å². The fraction of sp³-hybridized carbons (Fsp3) is 0.604. The average molecular weight is 1040 g/mol. The van der Waals surface area contributed by atoms with E-state index in [4.69, 9.17) is 34.4 Å². The maximum Gasteiger partial charge on any atom is 0.312 e. The number of aromatic amines is 1. The van der Waals surface area contributed by atoms with Crippen molar-refractivity contribution >= 4 is 59.2 Å². The van der Waals surface area contributed by atoms with E-state index in [0.29, 0.717) is 25.0 Å². The fourth-order valence-corrected chi connectivity index (χ4v) is 7.54. The highest BCUT2D eigenvalue weighted by atomic mass is 16.2. The molecule has 2 aromatic rings. The highest BCUT2D eigenvalue weighted by molar-refractivity contribution is 5.97. The number of H-pyrrole nitrogens is 1. The number of amides is 10. The first kappa shape index (κ1) is 62.8. The zero-order valence-corrected chi connectivity index (χ0v) is 43.2. The third-order valence-electron chi connectivity index (χ3n) is 11.9. The van der Waals surface area contributed by atoms with E-state index in [-0.39, 0.29) is 82.9 Å². The van der Waals surface area contributed by atoms with Crippen molar-refractivity contribution in [2.45, 2.75) is 154 Å². The van der Waals surface area contributed by atoms with Crippen molar-refractivity contribution in [2.75, 3.05) is 19.6 Å². The number of rotatable bonds is 35. The zero-order chi connectivity index (χ0) is 55.3. The van der Waals surface area contributed by atoms with Crippen molar-refractivity contribution in [3.63, 3.8) is 0 Å². The summed E-state index contributed by atoms with van der Waals surface area (Å²) in [6.45, 7) is 8.97. The quantitative estimate of drug-likeness (QED) is 0.0188. The van der Waals surface area contributed by atoms with Gasteiger partial charge in [-0.05, 0) is 82.2 Å². The minimum atomic E-state index is -1.37. The maximum atomic E-state index is 14.4. The summed E-state index contributed by atoms with van der Waals surface area (Å²) in [4.78, 5) is 132. The molecule has 0 saturated heterocycles. The van der Waals surface area contributed by atoms with E-state index in [9.17, 15) is 43.2 Å². The minimum Gasteiger partial charge on any atom is -0.370 e. The lowest BCUT2D eigenvalue weighted by Crippen LogP contribution is -2.61. The van der Waals surface area contributed by atoms with Gasteiger partial charge in [-0.2, -0.15) is 0 Å². The summed E-state index contributed by atoms with van der Waals surface area (Å²) in [6.07, 6.45) is 4.80.